The van der Waals surface area contributed by atoms with Crippen molar-refractivity contribution in [3.8, 4) is 0 Å². The van der Waals surface area contributed by atoms with Crippen molar-refractivity contribution in [3.63, 3.8) is 0 Å². The number of rotatable bonds is 2. The van der Waals surface area contributed by atoms with Gasteiger partial charge in [-0.25, -0.2) is 0 Å². The molecule has 16 heavy (non-hydrogen) atoms. The van der Waals surface area contributed by atoms with Gasteiger partial charge in [0.1, 0.15) is 5.84 Å². The Morgan fingerprint density at radius 2 is 1.75 bits per heavy atom. The number of alkyl halides is 1. The molecule has 0 aromatic heterocycles. The van der Waals surface area contributed by atoms with Crippen LogP contribution in [0.1, 0.15) is 46.5 Å². The lowest BCUT2D eigenvalue weighted by Gasteiger charge is -2.35. The van der Waals surface area contributed by atoms with Crippen LogP contribution < -0.4 is 5.73 Å². The minimum Gasteiger partial charge on any atom is -0.386 e. The molecule has 0 atom stereocenters. The molecule has 0 saturated heterocycles. The molecule has 0 amide bonds. The zero-order chi connectivity index (χ0) is 11.5. The van der Waals surface area contributed by atoms with E-state index in [2.05, 4.69) is 25.8 Å². The molecular formula is C12H24Cl2N2. The molecule has 2 N–H and O–H groups in total. The van der Waals surface area contributed by atoms with E-state index in [1.807, 2.05) is 0 Å². The third kappa shape index (κ3) is 4.92. The van der Waals surface area contributed by atoms with Crippen LogP contribution >= 0.6 is 24.0 Å². The summed E-state index contributed by atoms with van der Waals surface area (Å²) in [5.74, 6) is 1.79. The van der Waals surface area contributed by atoms with Crippen molar-refractivity contribution in [2.24, 2.45) is 22.1 Å². The van der Waals surface area contributed by atoms with Crippen molar-refractivity contribution in [2.45, 2.75) is 52.5 Å². The fourth-order valence-electron chi connectivity index (χ4n) is 2.34. The molecule has 0 aromatic carbocycles. The topological polar surface area (TPSA) is 38.4 Å². The average Bonchev–Trinajstić information content (AvgIpc) is 2.17. The standard InChI is InChI=1S/C12H23ClN2.ClH/c1-12(2,3)9-4-6-10(7-5-9)15-11(14)8-13;/h9-10H,4-8H2,1-3H3,(H2,14,15);1H. The third-order valence-corrected chi connectivity index (χ3v) is 3.68. The second-order valence-corrected chi connectivity index (χ2v) is 5.89. The lowest BCUT2D eigenvalue weighted by atomic mass is 9.71. The maximum absolute atomic E-state index is 5.64. The van der Waals surface area contributed by atoms with E-state index in [0.717, 1.165) is 5.92 Å². The van der Waals surface area contributed by atoms with Crippen LogP contribution in [0.3, 0.4) is 0 Å². The Kier molecular flexibility index (Phi) is 6.73. The lowest BCUT2D eigenvalue weighted by molar-refractivity contribution is 0.170. The Balaban J connectivity index is 0.00000225. The third-order valence-electron chi connectivity index (χ3n) is 3.41. The highest BCUT2D eigenvalue weighted by molar-refractivity contribution is 6.27. The summed E-state index contributed by atoms with van der Waals surface area (Å²) in [5.41, 5.74) is 6.08. The van der Waals surface area contributed by atoms with Crippen LogP contribution in [0.5, 0.6) is 0 Å². The quantitative estimate of drug-likeness (QED) is 0.463. The fraction of sp³-hybridized carbons (Fsp3) is 0.917. The molecule has 0 radical (unpaired) electrons. The van der Waals surface area contributed by atoms with Crippen LogP contribution in [0.25, 0.3) is 0 Å². The Hall–Kier alpha value is 0.0500. The predicted molar refractivity (Wildman–Crippen MR) is 74.8 cm³/mol. The van der Waals surface area contributed by atoms with E-state index in [1.165, 1.54) is 25.7 Å². The first-order valence-electron chi connectivity index (χ1n) is 5.81. The molecule has 1 rings (SSSR count). The van der Waals surface area contributed by atoms with Crippen LogP contribution in [0.2, 0.25) is 0 Å². The highest BCUT2D eigenvalue weighted by Gasteiger charge is 2.29. The van der Waals surface area contributed by atoms with E-state index in [9.17, 15) is 0 Å². The maximum Gasteiger partial charge on any atom is 0.109 e. The summed E-state index contributed by atoms with van der Waals surface area (Å²) in [6.07, 6.45) is 4.87. The molecule has 1 aliphatic rings. The van der Waals surface area contributed by atoms with Gasteiger partial charge in [0.25, 0.3) is 0 Å². The van der Waals surface area contributed by atoms with Crippen LogP contribution in [-0.2, 0) is 0 Å². The van der Waals surface area contributed by atoms with Gasteiger partial charge in [0.2, 0.25) is 0 Å². The van der Waals surface area contributed by atoms with E-state index >= 15 is 0 Å². The van der Waals surface area contributed by atoms with Crippen LogP contribution in [0, 0.1) is 11.3 Å². The van der Waals surface area contributed by atoms with Gasteiger partial charge < -0.3 is 5.73 Å². The molecule has 2 nitrogen and oxygen atoms in total. The zero-order valence-corrected chi connectivity index (χ0v) is 12.1. The van der Waals surface area contributed by atoms with E-state index in [1.54, 1.807) is 0 Å². The van der Waals surface area contributed by atoms with Gasteiger partial charge in [-0.3, -0.25) is 4.99 Å². The molecule has 1 saturated carbocycles. The Morgan fingerprint density at radius 3 is 2.12 bits per heavy atom. The van der Waals surface area contributed by atoms with Crippen molar-refractivity contribution >= 4 is 29.8 Å². The summed E-state index contributed by atoms with van der Waals surface area (Å²) in [6, 6.07) is 0.419. The number of aliphatic imine (C=N–C) groups is 1. The Bertz CT molecular complexity index is 226. The van der Waals surface area contributed by atoms with Crippen molar-refractivity contribution in [1.29, 1.82) is 0 Å². The molecule has 4 heteroatoms. The summed E-state index contributed by atoms with van der Waals surface area (Å²) in [7, 11) is 0. The van der Waals surface area contributed by atoms with E-state index in [4.69, 9.17) is 17.3 Å². The van der Waals surface area contributed by atoms with Crippen LogP contribution in [0.4, 0.5) is 0 Å². The summed E-state index contributed by atoms with van der Waals surface area (Å²) in [5, 5.41) is 0. The summed E-state index contributed by atoms with van der Waals surface area (Å²) < 4.78 is 0. The zero-order valence-electron chi connectivity index (χ0n) is 10.5. The number of nitrogens with two attached hydrogens (primary N) is 1. The SMILES string of the molecule is CC(C)(C)C1CCC(N=C(N)CCl)CC1.Cl. The number of hydrogen-bond acceptors (Lipinski definition) is 1. The molecule has 1 aliphatic carbocycles. The van der Waals surface area contributed by atoms with Gasteiger partial charge in [-0.2, -0.15) is 0 Å². The molecule has 0 spiro atoms. The van der Waals surface area contributed by atoms with Gasteiger partial charge in [0.15, 0.2) is 0 Å². The van der Waals surface area contributed by atoms with Crippen molar-refractivity contribution in [2.75, 3.05) is 5.88 Å². The summed E-state index contributed by atoms with van der Waals surface area (Å²) in [4.78, 5) is 4.43. The van der Waals surface area contributed by atoms with Crippen molar-refractivity contribution < 1.29 is 0 Å². The highest BCUT2D eigenvalue weighted by Crippen LogP contribution is 2.38. The van der Waals surface area contributed by atoms with Gasteiger partial charge >= 0.3 is 0 Å². The van der Waals surface area contributed by atoms with Gasteiger partial charge in [0.05, 0.1) is 11.9 Å². The fourth-order valence-corrected chi connectivity index (χ4v) is 2.41. The normalized spacial score (nSPS) is 27.4. The summed E-state index contributed by atoms with van der Waals surface area (Å²) >= 11 is 5.62. The van der Waals surface area contributed by atoms with Crippen molar-refractivity contribution in [3.05, 3.63) is 0 Å². The van der Waals surface area contributed by atoms with Crippen LogP contribution in [-0.4, -0.2) is 17.8 Å². The maximum atomic E-state index is 5.64. The van der Waals surface area contributed by atoms with Gasteiger partial charge in [-0.15, -0.1) is 24.0 Å². The first-order valence-corrected chi connectivity index (χ1v) is 6.35. The first-order chi connectivity index (χ1) is 6.93. The largest absolute Gasteiger partial charge is 0.386 e. The number of hydrogen-bond donors (Lipinski definition) is 1. The minimum absolute atomic E-state index is 0. The number of halogens is 2. The average molecular weight is 267 g/mol. The minimum atomic E-state index is 0. The number of amidine groups is 1. The highest BCUT2D eigenvalue weighted by atomic mass is 35.5. The molecule has 0 aromatic rings. The van der Waals surface area contributed by atoms with E-state index in [-0.39, 0.29) is 12.4 Å². The molecule has 0 unspecified atom stereocenters. The second kappa shape index (κ2) is 6.70. The molecule has 96 valence electrons. The molecule has 0 bridgehead atoms. The predicted octanol–water partition coefficient (Wildman–Crippen LogP) is 3.61. The smallest absolute Gasteiger partial charge is 0.109 e. The molecule has 1 fully saturated rings. The van der Waals surface area contributed by atoms with Gasteiger partial charge in [-0.1, -0.05) is 20.8 Å². The summed E-state index contributed by atoms with van der Waals surface area (Å²) in [6.45, 7) is 6.98. The van der Waals surface area contributed by atoms with E-state index < -0.39 is 0 Å². The number of nitrogens with zero attached hydrogens (tertiary/aromatic N) is 1. The van der Waals surface area contributed by atoms with Crippen LogP contribution in [0.15, 0.2) is 4.99 Å². The Morgan fingerprint density at radius 1 is 1.25 bits per heavy atom. The van der Waals surface area contributed by atoms with E-state index in [0.29, 0.717) is 23.2 Å². The first kappa shape index (κ1) is 16.1. The molecule has 0 aliphatic heterocycles. The lowest BCUT2D eigenvalue weighted by Crippen LogP contribution is -2.28. The monoisotopic (exact) mass is 266 g/mol. The molecular weight excluding hydrogens is 243 g/mol. The van der Waals surface area contributed by atoms with Crippen molar-refractivity contribution in [1.82, 2.24) is 0 Å². The Labute approximate surface area is 110 Å². The van der Waals surface area contributed by atoms with Gasteiger partial charge in [0, 0.05) is 0 Å². The van der Waals surface area contributed by atoms with Gasteiger partial charge in [-0.05, 0) is 37.0 Å². The second-order valence-electron chi connectivity index (χ2n) is 5.63. The molecule has 0 heterocycles.